The Balaban J connectivity index is 0.00000264. The van der Waals surface area contributed by atoms with Crippen LogP contribution in [0.1, 0.15) is 43.5 Å². The van der Waals surface area contributed by atoms with Gasteiger partial charge in [0.2, 0.25) is 5.91 Å². The topological polar surface area (TPSA) is 61.4 Å². The van der Waals surface area contributed by atoms with E-state index < -0.39 is 0 Å². The van der Waals surface area contributed by atoms with E-state index >= 15 is 0 Å². The molecule has 0 bridgehead atoms. The van der Waals surface area contributed by atoms with E-state index in [0.29, 0.717) is 18.7 Å². The van der Waals surface area contributed by atoms with Crippen LogP contribution in [-0.2, 0) is 4.79 Å². The summed E-state index contributed by atoms with van der Waals surface area (Å²) in [6.07, 6.45) is 3.10. The smallest absolute Gasteiger partial charge is 0.253 e. The molecule has 1 aromatic rings. The molecule has 1 aliphatic rings. The van der Waals surface area contributed by atoms with Crippen molar-refractivity contribution >= 4 is 29.9 Å². The van der Waals surface area contributed by atoms with Crippen LogP contribution in [0.4, 0.5) is 5.69 Å². The van der Waals surface area contributed by atoms with Crippen molar-refractivity contribution in [3.8, 4) is 0 Å². The molecule has 2 rings (SSSR count). The molecule has 1 heterocycles. The second-order valence-corrected chi connectivity index (χ2v) is 5.55. The van der Waals surface area contributed by atoms with Crippen LogP contribution < -0.4 is 10.6 Å². The molecule has 6 heteroatoms. The molecule has 0 radical (unpaired) electrons. The SMILES string of the molecule is CCN(CC)C(=O)c1ccc(NC(=O)C2CCCCN2)cc1.Cl. The number of amides is 2. The summed E-state index contributed by atoms with van der Waals surface area (Å²) in [5, 5.41) is 6.13. The number of nitrogens with zero attached hydrogens (tertiary/aromatic N) is 1. The number of hydrogen-bond donors (Lipinski definition) is 2. The number of carbonyl (C=O) groups excluding carboxylic acids is 2. The number of rotatable bonds is 5. The summed E-state index contributed by atoms with van der Waals surface area (Å²) in [7, 11) is 0. The zero-order valence-electron chi connectivity index (χ0n) is 13.8. The molecular formula is C17H26ClN3O2. The third-order valence-corrected chi connectivity index (χ3v) is 4.08. The van der Waals surface area contributed by atoms with Gasteiger partial charge >= 0.3 is 0 Å². The highest BCUT2D eigenvalue weighted by molar-refractivity contribution is 5.97. The lowest BCUT2D eigenvalue weighted by Gasteiger charge is -2.22. The molecule has 0 saturated carbocycles. The quantitative estimate of drug-likeness (QED) is 0.867. The number of carbonyl (C=O) groups is 2. The van der Waals surface area contributed by atoms with E-state index in [2.05, 4.69) is 10.6 Å². The predicted molar refractivity (Wildman–Crippen MR) is 95.2 cm³/mol. The lowest BCUT2D eigenvalue weighted by atomic mass is 10.0. The molecule has 5 nitrogen and oxygen atoms in total. The molecule has 1 aliphatic heterocycles. The Kier molecular flexibility index (Phi) is 8.06. The highest BCUT2D eigenvalue weighted by atomic mass is 35.5. The van der Waals surface area contributed by atoms with Crippen LogP contribution >= 0.6 is 12.4 Å². The molecule has 0 aliphatic carbocycles. The first-order valence-corrected chi connectivity index (χ1v) is 8.09. The van der Waals surface area contributed by atoms with E-state index in [1.54, 1.807) is 29.2 Å². The van der Waals surface area contributed by atoms with Gasteiger partial charge in [0.1, 0.15) is 0 Å². The summed E-state index contributed by atoms with van der Waals surface area (Å²) >= 11 is 0. The van der Waals surface area contributed by atoms with Gasteiger partial charge in [0.15, 0.2) is 0 Å². The van der Waals surface area contributed by atoms with Gasteiger partial charge in [-0.15, -0.1) is 12.4 Å². The molecule has 1 fully saturated rings. The van der Waals surface area contributed by atoms with Crippen LogP contribution in [0.2, 0.25) is 0 Å². The van der Waals surface area contributed by atoms with Gasteiger partial charge in [-0.25, -0.2) is 0 Å². The van der Waals surface area contributed by atoms with Crippen molar-refractivity contribution in [1.29, 1.82) is 0 Å². The molecule has 2 amide bonds. The largest absolute Gasteiger partial charge is 0.339 e. The maximum absolute atomic E-state index is 12.2. The van der Waals surface area contributed by atoms with Crippen LogP contribution in [0.25, 0.3) is 0 Å². The van der Waals surface area contributed by atoms with Crippen molar-refractivity contribution in [3.63, 3.8) is 0 Å². The van der Waals surface area contributed by atoms with Gasteiger partial charge in [-0.1, -0.05) is 6.42 Å². The van der Waals surface area contributed by atoms with Gasteiger partial charge in [0.05, 0.1) is 6.04 Å². The Morgan fingerprint density at radius 3 is 2.35 bits per heavy atom. The molecule has 1 atom stereocenters. The van der Waals surface area contributed by atoms with Gasteiger partial charge in [-0.2, -0.15) is 0 Å². The summed E-state index contributed by atoms with van der Waals surface area (Å²) in [5.41, 5.74) is 1.38. The molecule has 1 saturated heterocycles. The average molecular weight is 340 g/mol. The van der Waals surface area contributed by atoms with Crippen molar-refractivity contribution in [1.82, 2.24) is 10.2 Å². The van der Waals surface area contributed by atoms with Crippen LogP contribution in [-0.4, -0.2) is 42.4 Å². The lowest BCUT2D eigenvalue weighted by molar-refractivity contribution is -0.118. The fourth-order valence-electron chi connectivity index (χ4n) is 2.69. The fraction of sp³-hybridized carbons (Fsp3) is 0.529. The normalized spacial score (nSPS) is 17.0. The van der Waals surface area contributed by atoms with E-state index in [0.717, 1.165) is 31.5 Å². The maximum Gasteiger partial charge on any atom is 0.253 e. The number of piperidine rings is 1. The van der Waals surface area contributed by atoms with Crippen LogP contribution in [0.3, 0.4) is 0 Å². The fourth-order valence-corrected chi connectivity index (χ4v) is 2.69. The molecule has 0 aromatic heterocycles. The minimum absolute atomic E-state index is 0. The van der Waals surface area contributed by atoms with E-state index in [4.69, 9.17) is 0 Å². The van der Waals surface area contributed by atoms with Crippen LogP contribution in [0.15, 0.2) is 24.3 Å². The van der Waals surface area contributed by atoms with Gasteiger partial charge in [-0.3, -0.25) is 9.59 Å². The second-order valence-electron chi connectivity index (χ2n) is 5.55. The number of anilines is 1. The third-order valence-electron chi connectivity index (χ3n) is 4.08. The number of hydrogen-bond acceptors (Lipinski definition) is 3. The first-order chi connectivity index (χ1) is 10.7. The Hall–Kier alpha value is -1.59. The number of nitrogens with one attached hydrogen (secondary N) is 2. The number of benzene rings is 1. The Labute approximate surface area is 144 Å². The van der Waals surface area contributed by atoms with Gasteiger partial charge in [0, 0.05) is 24.3 Å². The molecule has 2 N–H and O–H groups in total. The second kappa shape index (κ2) is 9.53. The highest BCUT2D eigenvalue weighted by Crippen LogP contribution is 2.14. The van der Waals surface area contributed by atoms with Gasteiger partial charge in [-0.05, 0) is 57.5 Å². The van der Waals surface area contributed by atoms with E-state index in [-0.39, 0.29) is 30.3 Å². The third kappa shape index (κ3) is 5.22. The summed E-state index contributed by atoms with van der Waals surface area (Å²) < 4.78 is 0. The first kappa shape index (κ1) is 19.5. The Bertz CT molecular complexity index is 509. The van der Waals surface area contributed by atoms with Gasteiger partial charge in [0.25, 0.3) is 5.91 Å². The monoisotopic (exact) mass is 339 g/mol. The summed E-state index contributed by atoms with van der Waals surface area (Å²) in [5.74, 6) is 0.0272. The van der Waals surface area contributed by atoms with Crippen molar-refractivity contribution in [2.75, 3.05) is 25.0 Å². The Morgan fingerprint density at radius 2 is 1.83 bits per heavy atom. The van der Waals surface area contributed by atoms with Crippen molar-refractivity contribution in [3.05, 3.63) is 29.8 Å². The minimum Gasteiger partial charge on any atom is -0.339 e. The van der Waals surface area contributed by atoms with Gasteiger partial charge < -0.3 is 15.5 Å². The zero-order chi connectivity index (χ0) is 15.9. The molecular weight excluding hydrogens is 314 g/mol. The molecule has 1 aromatic carbocycles. The highest BCUT2D eigenvalue weighted by Gasteiger charge is 2.20. The van der Waals surface area contributed by atoms with Crippen LogP contribution in [0, 0.1) is 0 Å². The maximum atomic E-state index is 12.2. The first-order valence-electron chi connectivity index (χ1n) is 8.09. The van der Waals surface area contributed by atoms with E-state index in [1.807, 2.05) is 13.8 Å². The molecule has 0 spiro atoms. The molecule has 128 valence electrons. The summed E-state index contributed by atoms with van der Waals surface area (Å²) in [6.45, 7) is 6.22. The van der Waals surface area contributed by atoms with E-state index in [1.165, 1.54) is 0 Å². The molecule has 1 unspecified atom stereocenters. The standard InChI is InChI=1S/C17H25N3O2.ClH/c1-3-20(4-2)17(22)13-8-10-14(11-9-13)19-16(21)15-7-5-6-12-18-15;/h8-11,15,18H,3-7,12H2,1-2H3,(H,19,21);1H. The summed E-state index contributed by atoms with van der Waals surface area (Å²) in [6, 6.07) is 7.01. The number of halogens is 1. The summed E-state index contributed by atoms with van der Waals surface area (Å²) in [4.78, 5) is 26.1. The molecule has 23 heavy (non-hydrogen) atoms. The van der Waals surface area contributed by atoms with Crippen LogP contribution in [0.5, 0.6) is 0 Å². The zero-order valence-corrected chi connectivity index (χ0v) is 14.6. The van der Waals surface area contributed by atoms with Crippen molar-refractivity contribution in [2.24, 2.45) is 0 Å². The Morgan fingerprint density at radius 1 is 1.17 bits per heavy atom. The minimum atomic E-state index is -0.106. The van der Waals surface area contributed by atoms with Crippen molar-refractivity contribution < 1.29 is 9.59 Å². The predicted octanol–water partition coefficient (Wildman–Crippen LogP) is 2.67. The lowest BCUT2D eigenvalue weighted by Crippen LogP contribution is -2.43. The average Bonchev–Trinajstić information content (AvgIpc) is 2.57. The van der Waals surface area contributed by atoms with E-state index in [9.17, 15) is 9.59 Å². The van der Waals surface area contributed by atoms with Crippen molar-refractivity contribution in [2.45, 2.75) is 39.2 Å².